The van der Waals surface area contributed by atoms with Crippen LogP contribution in [-0.4, -0.2) is 32.7 Å². The molecule has 4 rings (SSSR count). The van der Waals surface area contributed by atoms with Crippen LogP contribution in [0, 0.1) is 0 Å². The van der Waals surface area contributed by atoms with Crippen molar-refractivity contribution in [3.63, 3.8) is 0 Å². The fourth-order valence-electron chi connectivity index (χ4n) is 2.79. The van der Waals surface area contributed by atoms with E-state index in [-0.39, 0.29) is 23.2 Å². The van der Waals surface area contributed by atoms with Gasteiger partial charge in [-0.15, -0.1) is 0 Å². The zero-order valence-electron chi connectivity index (χ0n) is 13.4. The Balaban J connectivity index is 1.55. The highest BCUT2D eigenvalue weighted by atomic mass is 16.2. The van der Waals surface area contributed by atoms with Crippen LogP contribution in [-0.2, 0) is 11.2 Å². The van der Waals surface area contributed by atoms with Gasteiger partial charge in [-0.25, -0.2) is 4.98 Å². The van der Waals surface area contributed by atoms with E-state index in [0.717, 1.165) is 0 Å². The standard InChI is InChI=1S/C18H12N4O4/c23-15(9-14-16(24)20-13-8-4-3-7-12(13)19-14)21-22-17(25)10-5-1-2-6-11(10)18(22)26/h1-8H,9H2,(H,20,24)(H,21,23). The fourth-order valence-corrected chi connectivity index (χ4v) is 2.79. The molecule has 0 unspecified atom stereocenters. The number of nitrogens with one attached hydrogen (secondary N) is 2. The normalized spacial score (nSPS) is 13.2. The quantitative estimate of drug-likeness (QED) is 0.680. The molecule has 2 heterocycles. The fraction of sp³-hybridized carbons (Fsp3) is 0.0556. The van der Waals surface area contributed by atoms with Crippen molar-refractivity contribution in [1.29, 1.82) is 0 Å². The van der Waals surface area contributed by atoms with E-state index in [1.165, 1.54) is 12.1 Å². The summed E-state index contributed by atoms with van der Waals surface area (Å²) in [5, 5.41) is 0.655. The molecule has 2 aromatic carbocycles. The maximum atomic E-state index is 12.2. The van der Waals surface area contributed by atoms with E-state index in [1.54, 1.807) is 36.4 Å². The molecule has 8 nitrogen and oxygen atoms in total. The third-order valence-corrected chi connectivity index (χ3v) is 4.03. The number of hydrogen-bond donors (Lipinski definition) is 2. The van der Waals surface area contributed by atoms with Crippen LogP contribution in [0.15, 0.2) is 53.3 Å². The van der Waals surface area contributed by atoms with Crippen LogP contribution in [0.5, 0.6) is 0 Å². The predicted molar refractivity (Wildman–Crippen MR) is 91.2 cm³/mol. The Bertz CT molecular complexity index is 1100. The van der Waals surface area contributed by atoms with Crippen LogP contribution in [0.25, 0.3) is 11.0 Å². The number of imide groups is 1. The lowest BCUT2D eigenvalue weighted by atomic mass is 10.1. The molecule has 0 atom stereocenters. The van der Waals surface area contributed by atoms with Gasteiger partial charge in [0.2, 0.25) is 5.91 Å². The molecule has 1 aliphatic heterocycles. The first-order valence-corrected chi connectivity index (χ1v) is 7.80. The van der Waals surface area contributed by atoms with E-state index in [9.17, 15) is 19.2 Å². The Hall–Kier alpha value is -3.81. The first-order valence-electron chi connectivity index (χ1n) is 7.80. The van der Waals surface area contributed by atoms with E-state index in [4.69, 9.17) is 0 Å². The van der Waals surface area contributed by atoms with E-state index in [2.05, 4.69) is 15.4 Å². The van der Waals surface area contributed by atoms with Gasteiger partial charge < -0.3 is 4.98 Å². The molecule has 2 N–H and O–H groups in total. The Kier molecular flexibility index (Phi) is 3.58. The maximum Gasteiger partial charge on any atom is 0.280 e. The summed E-state index contributed by atoms with van der Waals surface area (Å²) in [6.07, 6.45) is -0.367. The van der Waals surface area contributed by atoms with Crippen molar-refractivity contribution in [2.75, 3.05) is 0 Å². The first-order chi connectivity index (χ1) is 12.5. The summed E-state index contributed by atoms with van der Waals surface area (Å²) in [5.41, 5.74) is 3.29. The van der Waals surface area contributed by atoms with Crippen molar-refractivity contribution in [3.05, 3.63) is 75.7 Å². The number of fused-ring (bicyclic) bond motifs is 2. The van der Waals surface area contributed by atoms with E-state index < -0.39 is 23.3 Å². The minimum Gasteiger partial charge on any atom is -0.319 e. The highest BCUT2D eigenvalue weighted by Gasteiger charge is 2.36. The number of aromatic amines is 1. The number of carbonyl (C=O) groups excluding carboxylic acids is 3. The van der Waals surface area contributed by atoms with Gasteiger partial charge in [0.1, 0.15) is 5.69 Å². The number of carbonyl (C=O) groups is 3. The third-order valence-electron chi connectivity index (χ3n) is 4.03. The molecule has 3 amide bonds. The smallest absolute Gasteiger partial charge is 0.280 e. The highest BCUT2D eigenvalue weighted by Crippen LogP contribution is 2.20. The van der Waals surface area contributed by atoms with Crippen molar-refractivity contribution in [2.45, 2.75) is 6.42 Å². The van der Waals surface area contributed by atoms with Crippen molar-refractivity contribution >= 4 is 28.8 Å². The third kappa shape index (κ3) is 2.53. The van der Waals surface area contributed by atoms with Gasteiger partial charge in [0.25, 0.3) is 17.4 Å². The van der Waals surface area contributed by atoms with Gasteiger partial charge in [-0.3, -0.25) is 24.6 Å². The largest absolute Gasteiger partial charge is 0.319 e. The molecule has 1 aromatic heterocycles. The maximum absolute atomic E-state index is 12.2. The molecule has 0 fully saturated rings. The van der Waals surface area contributed by atoms with Gasteiger partial charge in [-0.05, 0) is 24.3 Å². The van der Waals surface area contributed by atoms with Gasteiger partial charge in [-0.2, -0.15) is 5.01 Å². The van der Waals surface area contributed by atoms with Gasteiger partial charge in [0, 0.05) is 0 Å². The van der Waals surface area contributed by atoms with Crippen molar-refractivity contribution in [3.8, 4) is 0 Å². The molecular weight excluding hydrogens is 336 g/mol. The van der Waals surface area contributed by atoms with Crippen LogP contribution in [0.1, 0.15) is 26.4 Å². The Morgan fingerprint density at radius 1 is 0.962 bits per heavy atom. The molecule has 0 radical (unpaired) electrons. The summed E-state index contributed by atoms with van der Waals surface area (Å²) in [7, 11) is 0. The van der Waals surface area contributed by atoms with Crippen LogP contribution in [0.4, 0.5) is 0 Å². The number of hydrazine groups is 1. The van der Waals surface area contributed by atoms with Crippen molar-refractivity contribution < 1.29 is 14.4 Å². The summed E-state index contributed by atoms with van der Waals surface area (Å²) in [4.78, 5) is 55.6. The monoisotopic (exact) mass is 348 g/mol. The van der Waals surface area contributed by atoms with Crippen LogP contribution in [0.2, 0.25) is 0 Å². The molecule has 0 bridgehead atoms. The van der Waals surface area contributed by atoms with E-state index in [0.29, 0.717) is 16.0 Å². The van der Waals surface area contributed by atoms with Gasteiger partial charge in [0.15, 0.2) is 0 Å². The average molecular weight is 348 g/mol. The van der Waals surface area contributed by atoms with Crippen LogP contribution < -0.4 is 11.0 Å². The first kappa shape index (κ1) is 15.7. The summed E-state index contributed by atoms with van der Waals surface area (Å²) in [6, 6.07) is 13.2. The lowest BCUT2D eigenvalue weighted by Crippen LogP contribution is -2.46. The van der Waals surface area contributed by atoms with Gasteiger partial charge in [-0.1, -0.05) is 24.3 Å². The Labute approximate surface area is 146 Å². The molecule has 0 spiro atoms. The number of amides is 3. The second-order valence-electron chi connectivity index (χ2n) is 5.73. The van der Waals surface area contributed by atoms with Gasteiger partial charge >= 0.3 is 0 Å². The molecule has 3 aromatic rings. The molecule has 1 aliphatic rings. The molecule has 128 valence electrons. The van der Waals surface area contributed by atoms with Crippen molar-refractivity contribution in [2.24, 2.45) is 0 Å². The number of nitrogens with zero attached hydrogens (tertiary/aromatic N) is 2. The van der Waals surface area contributed by atoms with Crippen molar-refractivity contribution in [1.82, 2.24) is 20.4 Å². The summed E-state index contributed by atoms with van der Waals surface area (Å²) >= 11 is 0. The number of rotatable bonds is 3. The summed E-state index contributed by atoms with van der Waals surface area (Å²) in [5.74, 6) is -1.91. The second kappa shape index (κ2) is 5.92. The molecule has 0 aliphatic carbocycles. The number of hydrogen-bond acceptors (Lipinski definition) is 5. The minimum atomic E-state index is -0.687. The molecule has 0 saturated carbocycles. The second-order valence-corrected chi connectivity index (χ2v) is 5.73. The highest BCUT2D eigenvalue weighted by molar-refractivity contribution is 6.21. The zero-order valence-corrected chi connectivity index (χ0v) is 13.4. The lowest BCUT2D eigenvalue weighted by molar-refractivity contribution is -0.123. The number of aromatic nitrogens is 2. The number of H-pyrrole nitrogens is 1. The molecule has 0 saturated heterocycles. The summed E-state index contributed by atoms with van der Waals surface area (Å²) < 4.78 is 0. The summed E-state index contributed by atoms with van der Waals surface area (Å²) in [6.45, 7) is 0. The topological polar surface area (TPSA) is 112 Å². The number of benzene rings is 2. The molecular formula is C18H12N4O4. The predicted octanol–water partition coefficient (Wildman–Crippen LogP) is 0.793. The molecule has 26 heavy (non-hydrogen) atoms. The lowest BCUT2D eigenvalue weighted by Gasteiger charge is -2.14. The Morgan fingerprint density at radius 3 is 2.27 bits per heavy atom. The Morgan fingerprint density at radius 2 is 1.58 bits per heavy atom. The van der Waals surface area contributed by atoms with Crippen LogP contribution in [0.3, 0.4) is 0 Å². The average Bonchev–Trinajstić information content (AvgIpc) is 2.88. The SMILES string of the molecule is O=C(Cc1nc2ccccc2[nH]c1=O)NN1C(=O)c2ccccc2C1=O. The van der Waals surface area contributed by atoms with Crippen LogP contribution >= 0.6 is 0 Å². The minimum absolute atomic E-state index is 0.00203. The zero-order chi connectivity index (χ0) is 18.3. The molecule has 8 heteroatoms. The van der Waals surface area contributed by atoms with E-state index in [1.807, 2.05) is 0 Å². The van der Waals surface area contributed by atoms with Gasteiger partial charge in [0.05, 0.1) is 28.6 Å². The van der Waals surface area contributed by atoms with E-state index >= 15 is 0 Å². The number of para-hydroxylation sites is 2.